The number of hydrogen-bond acceptors (Lipinski definition) is 3. The lowest BCUT2D eigenvalue weighted by Gasteiger charge is -2.24. The van der Waals surface area contributed by atoms with Crippen LogP contribution in [-0.2, 0) is 16.0 Å². The quantitative estimate of drug-likeness (QED) is 0.626. The maximum atomic E-state index is 12.3. The molecule has 3 aromatic carbocycles. The summed E-state index contributed by atoms with van der Waals surface area (Å²) in [7, 11) is 0. The Kier molecular flexibility index (Phi) is 5.56. The van der Waals surface area contributed by atoms with E-state index in [0.717, 1.165) is 17.0 Å². The predicted molar refractivity (Wildman–Crippen MR) is 113 cm³/mol. The van der Waals surface area contributed by atoms with Gasteiger partial charge in [0.05, 0.1) is 0 Å². The van der Waals surface area contributed by atoms with Crippen molar-refractivity contribution in [1.29, 1.82) is 0 Å². The van der Waals surface area contributed by atoms with Crippen LogP contribution in [0, 0.1) is 5.92 Å². The van der Waals surface area contributed by atoms with Gasteiger partial charge >= 0.3 is 0 Å². The lowest BCUT2D eigenvalue weighted by atomic mass is 9.89. The van der Waals surface area contributed by atoms with Gasteiger partial charge in [0.2, 0.25) is 11.8 Å². The van der Waals surface area contributed by atoms with Crippen molar-refractivity contribution < 1.29 is 14.3 Å². The van der Waals surface area contributed by atoms with Crippen LogP contribution in [-0.4, -0.2) is 11.8 Å². The van der Waals surface area contributed by atoms with Crippen molar-refractivity contribution >= 4 is 23.2 Å². The predicted octanol–water partition coefficient (Wildman–Crippen LogP) is 5.01. The second kappa shape index (κ2) is 8.61. The Morgan fingerprint density at radius 2 is 1.62 bits per heavy atom. The Labute approximate surface area is 169 Å². The molecule has 0 fully saturated rings. The van der Waals surface area contributed by atoms with Gasteiger partial charge in [0.1, 0.15) is 11.5 Å². The van der Waals surface area contributed by atoms with E-state index in [1.54, 1.807) is 12.1 Å². The van der Waals surface area contributed by atoms with Crippen LogP contribution in [0.25, 0.3) is 0 Å². The molecule has 1 atom stereocenters. The van der Waals surface area contributed by atoms with Gasteiger partial charge in [0.15, 0.2) is 0 Å². The molecular weight excluding hydrogens is 364 g/mol. The second-order valence-electron chi connectivity index (χ2n) is 7.07. The summed E-state index contributed by atoms with van der Waals surface area (Å²) < 4.78 is 5.75. The molecule has 2 amide bonds. The van der Waals surface area contributed by atoms with Crippen molar-refractivity contribution in [3.8, 4) is 11.5 Å². The van der Waals surface area contributed by atoms with Crippen LogP contribution in [0.1, 0.15) is 18.4 Å². The van der Waals surface area contributed by atoms with Gasteiger partial charge < -0.3 is 15.4 Å². The first-order valence-corrected chi connectivity index (χ1v) is 9.69. The lowest BCUT2D eigenvalue weighted by molar-refractivity contribution is -0.121. The summed E-state index contributed by atoms with van der Waals surface area (Å²) in [5.41, 5.74) is 2.69. The maximum absolute atomic E-state index is 12.3. The van der Waals surface area contributed by atoms with Gasteiger partial charge in [-0.1, -0.05) is 36.4 Å². The van der Waals surface area contributed by atoms with Gasteiger partial charge in [0.25, 0.3) is 0 Å². The molecular formula is C24H22N2O3. The molecule has 1 aliphatic rings. The molecule has 4 rings (SSSR count). The van der Waals surface area contributed by atoms with E-state index < -0.39 is 0 Å². The zero-order valence-electron chi connectivity index (χ0n) is 15.9. The fourth-order valence-corrected chi connectivity index (χ4v) is 3.41. The number of carbonyl (C=O) groups excluding carboxylic acids is 2. The van der Waals surface area contributed by atoms with Crippen molar-refractivity contribution in [2.75, 3.05) is 10.6 Å². The van der Waals surface area contributed by atoms with Crippen molar-refractivity contribution in [2.45, 2.75) is 19.3 Å². The summed E-state index contributed by atoms with van der Waals surface area (Å²) in [6.45, 7) is 0. The van der Waals surface area contributed by atoms with Gasteiger partial charge in [0, 0.05) is 23.7 Å². The number of carbonyl (C=O) groups is 2. The Morgan fingerprint density at radius 3 is 2.41 bits per heavy atom. The highest BCUT2D eigenvalue weighted by molar-refractivity contribution is 5.96. The Bertz CT molecular complexity index is 1000. The van der Waals surface area contributed by atoms with Crippen LogP contribution in [0.3, 0.4) is 0 Å². The highest BCUT2D eigenvalue weighted by Crippen LogP contribution is 2.28. The fraction of sp³-hybridized carbons (Fsp3) is 0.167. The Hall–Kier alpha value is -3.60. The number of nitrogens with one attached hydrogen (secondary N) is 2. The minimum atomic E-state index is -0.183. The smallest absolute Gasteiger partial charge is 0.227 e. The largest absolute Gasteiger partial charge is 0.457 e. The van der Waals surface area contributed by atoms with E-state index in [2.05, 4.69) is 10.6 Å². The monoisotopic (exact) mass is 386 g/mol. The second-order valence-corrected chi connectivity index (χ2v) is 7.07. The zero-order chi connectivity index (χ0) is 20.1. The van der Waals surface area contributed by atoms with Crippen molar-refractivity contribution in [1.82, 2.24) is 0 Å². The van der Waals surface area contributed by atoms with Crippen molar-refractivity contribution in [3.05, 3.63) is 84.4 Å². The lowest BCUT2D eigenvalue weighted by Crippen LogP contribution is -2.30. The minimum absolute atomic E-state index is 0.0149. The first-order valence-electron chi connectivity index (χ1n) is 9.69. The van der Waals surface area contributed by atoms with E-state index in [4.69, 9.17) is 4.74 Å². The molecule has 5 heteroatoms. The number of fused-ring (bicyclic) bond motifs is 1. The van der Waals surface area contributed by atoms with E-state index in [-0.39, 0.29) is 17.7 Å². The van der Waals surface area contributed by atoms with Gasteiger partial charge in [-0.3, -0.25) is 9.59 Å². The summed E-state index contributed by atoms with van der Waals surface area (Å²) in [5.74, 6) is 1.16. The summed E-state index contributed by atoms with van der Waals surface area (Å²) in [6, 6.07) is 24.6. The molecule has 0 saturated heterocycles. The van der Waals surface area contributed by atoms with Crippen LogP contribution in [0.15, 0.2) is 78.9 Å². The molecule has 0 radical (unpaired) electrons. The molecule has 3 aromatic rings. The van der Waals surface area contributed by atoms with Crippen LogP contribution in [0.5, 0.6) is 11.5 Å². The Morgan fingerprint density at radius 1 is 0.931 bits per heavy atom. The third-order valence-electron chi connectivity index (χ3n) is 4.95. The molecule has 146 valence electrons. The first-order chi connectivity index (χ1) is 14.2. The highest BCUT2D eigenvalue weighted by atomic mass is 16.5. The standard InChI is InChI=1S/C24H22N2O3/c27-23(15-10-18-16-17-6-4-5-9-22(17)26-24(18)28)25-19-11-13-21(14-12-19)29-20-7-2-1-3-8-20/h1-9,11-14,18H,10,15-16H2,(H,25,27)(H,26,28)/t18-/m0/s1. The van der Waals surface area contributed by atoms with Crippen molar-refractivity contribution in [2.24, 2.45) is 5.92 Å². The van der Waals surface area contributed by atoms with E-state index in [0.29, 0.717) is 30.7 Å². The van der Waals surface area contributed by atoms with Crippen LogP contribution in [0.4, 0.5) is 11.4 Å². The normalized spacial score (nSPS) is 15.2. The van der Waals surface area contributed by atoms with E-state index >= 15 is 0 Å². The molecule has 0 saturated carbocycles. The van der Waals surface area contributed by atoms with Gasteiger partial charge in [-0.25, -0.2) is 0 Å². The zero-order valence-corrected chi connectivity index (χ0v) is 15.9. The van der Waals surface area contributed by atoms with Crippen LogP contribution < -0.4 is 15.4 Å². The number of ether oxygens (including phenoxy) is 1. The van der Waals surface area contributed by atoms with Crippen molar-refractivity contribution in [3.63, 3.8) is 0 Å². The third kappa shape index (κ3) is 4.82. The van der Waals surface area contributed by atoms with Gasteiger partial charge in [-0.15, -0.1) is 0 Å². The Balaban J connectivity index is 1.28. The SMILES string of the molecule is O=C(CC[C@H]1Cc2ccccc2NC1=O)Nc1ccc(Oc2ccccc2)cc1. The molecule has 2 N–H and O–H groups in total. The number of anilines is 2. The number of amides is 2. The minimum Gasteiger partial charge on any atom is -0.457 e. The van der Waals surface area contributed by atoms with E-state index in [9.17, 15) is 9.59 Å². The van der Waals surface area contributed by atoms with E-state index in [1.807, 2.05) is 66.7 Å². The third-order valence-corrected chi connectivity index (χ3v) is 4.95. The molecule has 5 nitrogen and oxygen atoms in total. The molecule has 1 aliphatic heterocycles. The highest BCUT2D eigenvalue weighted by Gasteiger charge is 2.26. The summed E-state index contributed by atoms with van der Waals surface area (Å²) >= 11 is 0. The maximum Gasteiger partial charge on any atom is 0.227 e. The van der Waals surface area contributed by atoms with Gasteiger partial charge in [-0.05, 0) is 60.9 Å². The van der Waals surface area contributed by atoms with Gasteiger partial charge in [-0.2, -0.15) is 0 Å². The number of hydrogen-bond donors (Lipinski definition) is 2. The number of para-hydroxylation sites is 2. The molecule has 0 bridgehead atoms. The van der Waals surface area contributed by atoms with Crippen LogP contribution in [0.2, 0.25) is 0 Å². The molecule has 0 spiro atoms. The number of benzene rings is 3. The average Bonchev–Trinajstić information content (AvgIpc) is 2.74. The fourth-order valence-electron chi connectivity index (χ4n) is 3.41. The molecule has 29 heavy (non-hydrogen) atoms. The molecule has 0 aromatic heterocycles. The molecule has 0 unspecified atom stereocenters. The van der Waals surface area contributed by atoms with E-state index in [1.165, 1.54) is 0 Å². The topological polar surface area (TPSA) is 67.4 Å². The summed E-state index contributed by atoms with van der Waals surface area (Å²) in [4.78, 5) is 24.6. The molecule has 0 aliphatic carbocycles. The van der Waals surface area contributed by atoms with Crippen LogP contribution >= 0.6 is 0 Å². The summed E-state index contributed by atoms with van der Waals surface area (Å²) in [5, 5.41) is 5.81. The molecule has 1 heterocycles. The first kappa shape index (κ1) is 18.7. The number of rotatable bonds is 6. The summed E-state index contributed by atoms with van der Waals surface area (Å²) in [6.07, 6.45) is 1.48. The average molecular weight is 386 g/mol.